The van der Waals surface area contributed by atoms with Crippen LogP contribution in [-0.2, 0) is 27.3 Å². The Balaban J connectivity index is 1.54. The van der Waals surface area contributed by atoms with Gasteiger partial charge >= 0.3 is 0 Å². The van der Waals surface area contributed by atoms with Crippen LogP contribution in [0.5, 0.6) is 0 Å². The number of pyridine rings is 1. The van der Waals surface area contributed by atoms with Crippen LogP contribution in [0, 0.1) is 6.92 Å². The molecule has 8 nitrogen and oxygen atoms in total. The summed E-state index contributed by atoms with van der Waals surface area (Å²) < 4.78 is 16.0. The smallest absolute Gasteiger partial charge is 0.226 e. The summed E-state index contributed by atoms with van der Waals surface area (Å²) in [5, 5.41) is 10.4. The van der Waals surface area contributed by atoms with Gasteiger partial charge in [0.15, 0.2) is 0 Å². The lowest BCUT2D eigenvalue weighted by molar-refractivity contribution is -0.126. The Hall–Kier alpha value is -2.32. The van der Waals surface area contributed by atoms with Crippen molar-refractivity contribution in [2.45, 2.75) is 38.5 Å². The highest BCUT2D eigenvalue weighted by molar-refractivity contribution is 5.78. The molecule has 0 aliphatic carbocycles. The number of aromatic nitrogens is 3. The van der Waals surface area contributed by atoms with Gasteiger partial charge in [-0.2, -0.15) is 0 Å². The minimum absolute atomic E-state index is 0.110. The number of amides is 1. The van der Waals surface area contributed by atoms with Crippen molar-refractivity contribution in [2.24, 2.45) is 0 Å². The molecule has 0 bridgehead atoms. The van der Waals surface area contributed by atoms with Gasteiger partial charge in [-0.15, -0.1) is 0 Å². The average molecular weight is 332 g/mol. The maximum atomic E-state index is 12.2. The highest BCUT2D eigenvalue weighted by atomic mass is 16.6. The van der Waals surface area contributed by atoms with E-state index in [1.54, 1.807) is 13.1 Å². The lowest BCUT2D eigenvalue weighted by atomic mass is 10.1. The predicted octanol–water partition coefficient (Wildman–Crippen LogP) is 0.806. The minimum Gasteiger partial charge on any atom is -0.379 e. The Bertz CT molecular complexity index is 661. The van der Waals surface area contributed by atoms with E-state index in [4.69, 9.17) is 9.47 Å². The minimum atomic E-state index is -0.199. The Morgan fingerprint density at radius 2 is 2.33 bits per heavy atom. The van der Waals surface area contributed by atoms with Crippen LogP contribution in [0.1, 0.15) is 23.5 Å². The van der Waals surface area contributed by atoms with Crippen LogP contribution in [0.25, 0.3) is 0 Å². The molecular weight excluding hydrogens is 312 g/mol. The van der Waals surface area contributed by atoms with Crippen LogP contribution in [-0.4, -0.2) is 46.6 Å². The molecule has 0 radical (unpaired) electrons. The van der Waals surface area contributed by atoms with E-state index in [0.29, 0.717) is 31.2 Å². The molecule has 2 aromatic rings. The molecular formula is C16H20N4O4. The molecule has 1 saturated heterocycles. The summed E-state index contributed by atoms with van der Waals surface area (Å²) in [5.41, 5.74) is 2.02. The van der Waals surface area contributed by atoms with Crippen LogP contribution in [0.15, 0.2) is 29.0 Å². The van der Waals surface area contributed by atoms with Crippen molar-refractivity contribution in [2.75, 3.05) is 13.2 Å². The average Bonchev–Trinajstić information content (AvgIpc) is 3.00. The second kappa shape index (κ2) is 7.98. The van der Waals surface area contributed by atoms with E-state index >= 15 is 0 Å². The fourth-order valence-electron chi connectivity index (χ4n) is 2.55. The normalized spacial score (nSPS) is 20.7. The molecule has 2 atom stereocenters. The Morgan fingerprint density at radius 3 is 3.08 bits per heavy atom. The van der Waals surface area contributed by atoms with E-state index in [0.717, 1.165) is 12.1 Å². The molecule has 128 valence electrons. The van der Waals surface area contributed by atoms with Crippen LogP contribution >= 0.6 is 0 Å². The van der Waals surface area contributed by atoms with Gasteiger partial charge in [0.2, 0.25) is 5.91 Å². The van der Waals surface area contributed by atoms with Gasteiger partial charge in [-0.1, -0.05) is 16.4 Å². The Kier molecular flexibility index (Phi) is 5.50. The molecule has 0 spiro atoms. The number of hydrogen-bond donors (Lipinski definition) is 1. The summed E-state index contributed by atoms with van der Waals surface area (Å²) in [5.74, 6) is -0.157. The van der Waals surface area contributed by atoms with Gasteiger partial charge in [-0.05, 0) is 25.5 Å². The highest BCUT2D eigenvalue weighted by Crippen LogP contribution is 2.14. The number of aryl methyl sites for hydroxylation is 1. The van der Waals surface area contributed by atoms with Crippen molar-refractivity contribution in [1.29, 1.82) is 0 Å². The van der Waals surface area contributed by atoms with Crippen molar-refractivity contribution >= 4 is 5.91 Å². The van der Waals surface area contributed by atoms with E-state index in [1.807, 2.05) is 18.2 Å². The highest BCUT2D eigenvalue weighted by Gasteiger charge is 2.28. The third kappa shape index (κ3) is 4.36. The summed E-state index contributed by atoms with van der Waals surface area (Å²) in [6.45, 7) is 3.20. The van der Waals surface area contributed by atoms with E-state index in [2.05, 4.69) is 25.2 Å². The molecule has 0 aromatic carbocycles. The summed E-state index contributed by atoms with van der Waals surface area (Å²) in [7, 11) is 0. The third-order valence-electron chi connectivity index (χ3n) is 3.89. The number of carbonyl (C=O) groups excluding carboxylic acids is 1. The first kappa shape index (κ1) is 16.5. The molecule has 8 heteroatoms. The number of hydrogen-bond acceptors (Lipinski definition) is 7. The van der Waals surface area contributed by atoms with E-state index in [9.17, 15) is 4.79 Å². The maximum absolute atomic E-state index is 12.2. The lowest BCUT2D eigenvalue weighted by Gasteiger charge is -2.32. The molecule has 24 heavy (non-hydrogen) atoms. The monoisotopic (exact) mass is 332 g/mol. The van der Waals surface area contributed by atoms with Gasteiger partial charge in [0.05, 0.1) is 37.5 Å². The number of nitrogens with one attached hydrogen (secondary N) is 1. The van der Waals surface area contributed by atoms with E-state index < -0.39 is 0 Å². The van der Waals surface area contributed by atoms with Crippen LogP contribution in [0.2, 0.25) is 0 Å². The molecule has 0 unspecified atom stereocenters. The zero-order valence-electron chi connectivity index (χ0n) is 13.5. The number of ether oxygens (including phenoxy) is 2. The summed E-state index contributed by atoms with van der Waals surface area (Å²) in [4.78, 5) is 16.4. The fraction of sp³-hybridized carbons (Fsp3) is 0.500. The SMILES string of the molecule is Cc1nonc1CC(=O)N[C@@H]1COCC[C@H]1OCc1ccccn1. The molecule has 1 amide bonds. The Morgan fingerprint density at radius 1 is 1.42 bits per heavy atom. The molecule has 3 heterocycles. The summed E-state index contributed by atoms with van der Waals surface area (Å²) in [6, 6.07) is 5.49. The molecule has 1 aliphatic rings. The topological polar surface area (TPSA) is 99.4 Å². The summed E-state index contributed by atoms with van der Waals surface area (Å²) in [6.07, 6.45) is 2.47. The second-order valence-corrected chi connectivity index (χ2v) is 5.68. The molecule has 0 saturated carbocycles. The molecule has 1 N–H and O–H groups in total. The van der Waals surface area contributed by atoms with Crippen molar-refractivity contribution in [3.8, 4) is 0 Å². The number of rotatable bonds is 6. The number of carbonyl (C=O) groups is 1. The van der Waals surface area contributed by atoms with Gasteiger partial charge < -0.3 is 14.8 Å². The first-order valence-electron chi connectivity index (χ1n) is 7.89. The second-order valence-electron chi connectivity index (χ2n) is 5.68. The predicted molar refractivity (Wildman–Crippen MR) is 82.9 cm³/mol. The number of nitrogens with zero attached hydrogens (tertiary/aromatic N) is 3. The largest absolute Gasteiger partial charge is 0.379 e. The van der Waals surface area contributed by atoms with Crippen molar-refractivity contribution in [3.63, 3.8) is 0 Å². The molecule has 3 rings (SSSR count). The molecule has 1 aliphatic heterocycles. The van der Waals surface area contributed by atoms with Crippen LogP contribution < -0.4 is 5.32 Å². The van der Waals surface area contributed by atoms with Gasteiger partial charge in [0.25, 0.3) is 0 Å². The van der Waals surface area contributed by atoms with E-state index in [-0.39, 0.29) is 24.5 Å². The third-order valence-corrected chi connectivity index (χ3v) is 3.89. The molecule has 2 aromatic heterocycles. The maximum Gasteiger partial charge on any atom is 0.226 e. The van der Waals surface area contributed by atoms with Gasteiger partial charge in [-0.3, -0.25) is 9.78 Å². The first-order valence-corrected chi connectivity index (χ1v) is 7.89. The van der Waals surface area contributed by atoms with E-state index in [1.165, 1.54) is 0 Å². The first-order chi connectivity index (χ1) is 11.7. The zero-order chi connectivity index (χ0) is 16.8. The molecule has 1 fully saturated rings. The van der Waals surface area contributed by atoms with Crippen molar-refractivity contribution < 1.29 is 18.9 Å². The van der Waals surface area contributed by atoms with Gasteiger partial charge in [0.1, 0.15) is 11.4 Å². The van der Waals surface area contributed by atoms with Crippen molar-refractivity contribution in [3.05, 3.63) is 41.5 Å². The van der Waals surface area contributed by atoms with Crippen molar-refractivity contribution in [1.82, 2.24) is 20.6 Å². The Labute approximate surface area is 139 Å². The van der Waals surface area contributed by atoms with Crippen LogP contribution in [0.4, 0.5) is 0 Å². The van der Waals surface area contributed by atoms with Crippen LogP contribution in [0.3, 0.4) is 0 Å². The standard InChI is InChI=1S/C16H20N4O4/c1-11-13(20-24-19-11)8-16(21)18-14-10-22-7-5-15(14)23-9-12-4-2-3-6-17-12/h2-4,6,14-15H,5,7-10H2,1H3,(H,18,21)/t14-,15-/m1/s1. The van der Waals surface area contributed by atoms with Gasteiger partial charge in [-0.25, -0.2) is 4.63 Å². The summed E-state index contributed by atoms with van der Waals surface area (Å²) >= 11 is 0. The lowest BCUT2D eigenvalue weighted by Crippen LogP contribution is -2.51. The zero-order valence-corrected chi connectivity index (χ0v) is 13.5. The quantitative estimate of drug-likeness (QED) is 0.835. The van der Waals surface area contributed by atoms with Gasteiger partial charge in [0, 0.05) is 12.8 Å². The fourth-order valence-corrected chi connectivity index (χ4v) is 2.55.